The highest BCUT2D eigenvalue weighted by Gasteiger charge is 2.15. The molecule has 0 heterocycles. The van der Waals surface area contributed by atoms with Crippen molar-refractivity contribution in [1.82, 2.24) is 4.72 Å². The summed E-state index contributed by atoms with van der Waals surface area (Å²) in [5.41, 5.74) is 0. The molecule has 1 atom stereocenters. The van der Waals surface area contributed by atoms with Crippen LogP contribution < -0.4 is 4.72 Å². The van der Waals surface area contributed by atoms with E-state index in [1.54, 1.807) is 0 Å². The van der Waals surface area contributed by atoms with Gasteiger partial charge in [-0.3, -0.25) is 9.35 Å². The van der Waals surface area contributed by atoms with Crippen molar-refractivity contribution < 1.29 is 22.9 Å². The quantitative estimate of drug-likeness (QED) is 0.463. The van der Waals surface area contributed by atoms with Gasteiger partial charge in [-0.25, -0.2) is 0 Å². The molecular formula is C3H7NO5S. The Balaban J connectivity index is 4.06. The molecule has 60 valence electrons. The van der Waals surface area contributed by atoms with Gasteiger partial charge < -0.3 is 5.11 Å². The maximum absolute atomic E-state index is 9.94. The lowest BCUT2D eigenvalue weighted by Crippen LogP contribution is -2.37. The molecule has 0 aliphatic carbocycles. The summed E-state index contributed by atoms with van der Waals surface area (Å²) < 4.78 is 29.3. The predicted molar refractivity (Wildman–Crippen MR) is 31.8 cm³/mol. The largest absolute Gasteiger partial charge is 0.480 e. The first-order valence-electron chi connectivity index (χ1n) is 2.30. The minimum absolute atomic E-state index is 1.09. The van der Waals surface area contributed by atoms with Crippen LogP contribution in [0.5, 0.6) is 0 Å². The van der Waals surface area contributed by atoms with Crippen LogP contribution in [-0.2, 0) is 15.1 Å². The molecule has 0 saturated heterocycles. The molecule has 0 rings (SSSR count). The molecule has 7 heteroatoms. The van der Waals surface area contributed by atoms with Crippen LogP contribution in [0.15, 0.2) is 0 Å². The fourth-order valence-corrected chi connectivity index (χ4v) is 0.821. The molecule has 0 aromatic rings. The zero-order chi connectivity index (χ0) is 8.36. The molecule has 0 fully saturated rings. The third kappa shape index (κ3) is 4.24. The second-order valence-corrected chi connectivity index (χ2v) is 2.84. The summed E-state index contributed by atoms with van der Waals surface area (Å²) in [5, 5.41) is 8.11. The number of rotatable bonds is 3. The van der Waals surface area contributed by atoms with E-state index in [1.807, 2.05) is 0 Å². The summed E-state index contributed by atoms with van der Waals surface area (Å²) in [5.74, 6) is -1.35. The van der Waals surface area contributed by atoms with Crippen LogP contribution in [0.25, 0.3) is 0 Å². The Bertz CT molecular complexity index is 219. The normalized spacial score (nSPS) is 14.6. The number of carbonyl (C=O) groups is 1. The van der Waals surface area contributed by atoms with Gasteiger partial charge in [0.05, 0.1) is 0 Å². The van der Waals surface area contributed by atoms with Crippen molar-refractivity contribution in [2.75, 3.05) is 0 Å². The third-order valence-electron chi connectivity index (χ3n) is 0.696. The topological polar surface area (TPSA) is 104 Å². The first-order valence-corrected chi connectivity index (χ1v) is 3.74. The lowest BCUT2D eigenvalue weighted by molar-refractivity contribution is -0.138. The van der Waals surface area contributed by atoms with Crippen LogP contribution in [0.1, 0.15) is 6.92 Å². The first-order chi connectivity index (χ1) is 4.33. The molecular weight excluding hydrogens is 162 g/mol. The van der Waals surface area contributed by atoms with Crippen molar-refractivity contribution in [1.29, 1.82) is 0 Å². The van der Waals surface area contributed by atoms with Crippen molar-refractivity contribution in [2.24, 2.45) is 0 Å². The lowest BCUT2D eigenvalue weighted by Gasteiger charge is -2.03. The van der Waals surface area contributed by atoms with Gasteiger partial charge in [0.15, 0.2) is 0 Å². The van der Waals surface area contributed by atoms with Crippen molar-refractivity contribution in [2.45, 2.75) is 13.0 Å². The zero-order valence-corrected chi connectivity index (χ0v) is 5.92. The number of nitrogens with one attached hydrogen (secondary N) is 1. The standard InChI is InChI=1S/C3H7NO5S/c1-2(3(5)6)4-10(7,8)9/h2,4H,1H3,(H,5,6)(H,7,8,9). The van der Waals surface area contributed by atoms with Crippen LogP contribution in [0.3, 0.4) is 0 Å². The second-order valence-electron chi connectivity index (χ2n) is 1.65. The molecule has 0 spiro atoms. The average Bonchev–Trinajstić information content (AvgIpc) is 1.60. The maximum Gasteiger partial charge on any atom is 0.334 e. The number of hydrogen-bond acceptors (Lipinski definition) is 3. The lowest BCUT2D eigenvalue weighted by atomic mass is 10.4. The van der Waals surface area contributed by atoms with E-state index in [1.165, 1.54) is 4.72 Å². The van der Waals surface area contributed by atoms with E-state index in [2.05, 4.69) is 0 Å². The average molecular weight is 169 g/mol. The molecule has 0 aliphatic heterocycles. The Morgan fingerprint density at radius 3 is 2.10 bits per heavy atom. The Hall–Kier alpha value is -0.660. The van der Waals surface area contributed by atoms with E-state index < -0.39 is 22.3 Å². The van der Waals surface area contributed by atoms with Crippen molar-refractivity contribution in [3.63, 3.8) is 0 Å². The van der Waals surface area contributed by atoms with Crippen molar-refractivity contribution >= 4 is 16.3 Å². The van der Waals surface area contributed by atoms with E-state index in [0.29, 0.717) is 0 Å². The van der Waals surface area contributed by atoms with Gasteiger partial charge in [0.2, 0.25) is 0 Å². The van der Waals surface area contributed by atoms with Crippen LogP contribution >= 0.6 is 0 Å². The van der Waals surface area contributed by atoms with E-state index in [0.717, 1.165) is 6.92 Å². The van der Waals surface area contributed by atoms with E-state index in [-0.39, 0.29) is 0 Å². The van der Waals surface area contributed by atoms with Gasteiger partial charge >= 0.3 is 16.3 Å². The summed E-state index contributed by atoms with van der Waals surface area (Å²) in [7, 11) is -4.40. The summed E-state index contributed by atoms with van der Waals surface area (Å²) in [6.45, 7) is 1.09. The van der Waals surface area contributed by atoms with Gasteiger partial charge in [-0.2, -0.15) is 13.1 Å². The van der Waals surface area contributed by atoms with Crippen LogP contribution in [0.2, 0.25) is 0 Å². The molecule has 0 amide bonds. The molecule has 0 radical (unpaired) electrons. The van der Waals surface area contributed by atoms with Gasteiger partial charge in [0.1, 0.15) is 6.04 Å². The Morgan fingerprint density at radius 1 is 1.60 bits per heavy atom. The minimum Gasteiger partial charge on any atom is -0.480 e. The Labute approximate surface area is 57.7 Å². The smallest absolute Gasteiger partial charge is 0.334 e. The Morgan fingerprint density at radius 2 is 2.00 bits per heavy atom. The van der Waals surface area contributed by atoms with Crippen LogP contribution in [0.4, 0.5) is 0 Å². The number of aliphatic carboxylic acids is 1. The molecule has 10 heavy (non-hydrogen) atoms. The summed E-state index contributed by atoms with van der Waals surface area (Å²) in [6, 6.07) is -1.31. The number of carboxylic acids is 1. The monoisotopic (exact) mass is 169 g/mol. The van der Waals surface area contributed by atoms with E-state index >= 15 is 0 Å². The van der Waals surface area contributed by atoms with Crippen LogP contribution in [-0.4, -0.2) is 30.1 Å². The summed E-state index contributed by atoms with van der Waals surface area (Å²) >= 11 is 0. The van der Waals surface area contributed by atoms with Gasteiger partial charge in [-0.05, 0) is 6.92 Å². The molecule has 3 N–H and O–H groups in total. The summed E-state index contributed by atoms with van der Waals surface area (Å²) in [4.78, 5) is 9.94. The minimum atomic E-state index is -4.40. The zero-order valence-electron chi connectivity index (χ0n) is 5.10. The SMILES string of the molecule is CC(NS(=O)(=O)O)C(=O)O. The highest BCUT2D eigenvalue weighted by molar-refractivity contribution is 7.83. The molecule has 0 aliphatic rings. The van der Waals surface area contributed by atoms with Crippen molar-refractivity contribution in [3.05, 3.63) is 0 Å². The summed E-state index contributed by atoms with van der Waals surface area (Å²) in [6.07, 6.45) is 0. The molecule has 0 aromatic carbocycles. The van der Waals surface area contributed by atoms with Crippen molar-refractivity contribution in [3.8, 4) is 0 Å². The molecule has 1 unspecified atom stereocenters. The Kier molecular flexibility index (Phi) is 2.76. The predicted octanol–water partition coefficient (Wildman–Crippen LogP) is -1.15. The fraction of sp³-hybridized carbons (Fsp3) is 0.667. The van der Waals surface area contributed by atoms with Gasteiger partial charge in [-0.15, -0.1) is 0 Å². The molecule has 0 saturated carbocycles. The van der Waals surface area contributed by atoms with Gasteiger partial charge in [0.25, 0.3) is 0 Å². The number of hydrogen-bond donors (Lipinski definition) is 3. The van der Waals surface area contributed by atoms with Gasteiger partial charge in [0, 0.05) is 0 Å². The molecule has 6 nitrogen and oxygen atoms in total. The van der Waals surface area contributed by atoms with E-state index in [9.17, 15) is 13.2 Å². The highest BCUT2D eigenvalue weighted by atomic mass is 32.2. The number of carboxylic acid groups (broad SMARTS) is 1. The van der Waals surface area contributed by atoms with Gasteiger partial charge in [-0.1, -0.05) is 0 Å². The highest BCUT2D eigenvalue weighted by Crippen LogP contribution is 1.83. The van der Waals surface area contributed by atoms with E-state index in [4.69, 9.17) is 9.66 Å². The molecule has 0 bridgehead atoms. The maximum atomic E-state index is 9.94. The second kappa shape index (κ2) is 2.95. The first kappa shape index (κ1) is 9.34. The third-order valence-corrected chi connectivity index (χ3v) is 1.35. The fourth-order valence-electron chi connectivity index (χ4n) is 0.274. The molecule has 0 aromatic heterocycles. The van der Waals surface area contributed by atoms with Crippen LogP contribution in [0, 0.1) is 0 Å².